The van der Waals surface area contributed by atoms with Crippen LogP contribution in [0, 0.1) is 5.82 Å². The first-order valence-electron chi connectivity index (χ1n) is 7.88. The number of benzene rings is 2. The fourth-order valence-electron chi connectivity index (χ4n) is 2.55. The molecule has 2 heterocycles. The van der Waals surface area contributed by atoms with Crippen LogP contribution in [-0.4, -0.2) is 31.1 Å². The maximum Gasteiger partial charge on any atom is 0.257 e. The molecule has 0 saturated heterocycles. The third-order valence-corrected chi connectivity index (χ3v) is 4.72. The standard InChI is InChI=1S/C17H13FN6OS/c1-2-24-15(21-22-23-24)10-4-3-5-11(8-10)16(25)20-17-19-13-7-6-12(18)9-14(13)26-17/h3-9H,2H2,1H3,(H,19,20,25). The minimum atomic E-state index is -0.333. The van der Waals surface area contributed by atoms with Gasteiger partial charge in [-0.3, -0.25) is 10.1 Å². The normalized spacial score (nSPS) is 11.0. The second-order valence-electron chi connectivity index (χ2n) is 5.48. The Morgan fingerprint density at radius 3 is 3.00 bits per heavy atom. The van der Waals surface area contributed by atoms with Gasteiger partial charge in [-0.2, -0.15) is 0 Å². The summed E-state index contributed by atoms with van der Waals surface area (Å²) in [5.41, 5.74) is 1.84. The Balaban J connectivity index is 1.60. The van der Waals surface area contributed by atoms with Gasteiger partial charge in [-0.15, -0.1) is 5.10 Å². The Morgan fingerprint density at radius 1 is 1.27 bits per heavy atom. The van der Waals surface area contributed by atoms with Crippen LogP contribution in [0.4, 0.5) is 9.52 Å². The molecule has 0 saturated carbocycles. The molecule has 0 bridgehead atoms. The second kappa shape index (κ2) is 6.60. The molecular weight excluding hydrogens is 355 g/mol. The number of thiazole rings is 1. The summed E-state index contributed by atoms with van der Waals surface area (Å²) in [6.45, 7) is 2.56. The molecule has 0 unspecified atom stereocenters. The van der Waals surface area contributed by atoms with Gasteiger partial charge in [0.15, 0.2) is 11.0 Å². The molecule has 0 spiro atoms. The Morgan fingerprint density at radius 2 is 2.15 bits per heavy atom. The van der Waals surface area contributed by atoms with Gasteiger partial charge in [-0.05, 0) is 47.7 Å². The summed E-state index contributed by atoms with van der Waals surface area (Å²) in [5, 5.41) is 14.7. The molecule has 7 nitrogen and oxygen atoms in total. The van der Waals surface area contributed by atoms with Crippen LogP contribution in [0.25, 0.3) is 21.6 Å². The zero-order valence-electron chi connectivity index (χ0n) is 13.7. The monoisotopic (exact) mass is 368 g/mol. The minimum Gasteiger partial charge on any atom is -0.298 e. The van der Waals surface area contributed by atoms with Gasteiger partial charge in [0.2, 0.25) is 0 Å². The highest BCUT2D eigenvalue weighted by molar-refractivity contribution is 7.22. The number of anilines is 1. The van der Waals surface area contributed by atoms with E-state index < -0.39 is 0 Å². The van der Waals surface area contributed by atoms with Crippen molar-refractivity contribution in [2.24, 2.45) is 0 Å². The minimum absolute atomic E-state index is 0.304. The summed E-state index contributed by atoms with van der Waals surface area (Å²) in [6.07, 6.45) is 0. The number of aryl methyl sites for hydroxylation is 1. The number of fused-ring (bicyclic) bond motifs is 1. The van der Waals surface area contributed by atoms with Crippen LogP contribution in [0.3, 0.4) is 0 Å². The summed E-state index contributed by atoms with van der Waals surface area (Å²) in [4.78, 5) is 16.9. The van der Waals surface area contributed by atoms with Crippen LogP contribution >= 0.6 is 11.3 Å². The Hall–Kier alpha value is -3.20. The van der Waals surface area contributed by atoms with E-state index in [-0.39, 0.29) is 11.7 Å². The maximum atomic E-state index is 13.3. The quantitative estimate of drug-likeness (QED) is 0.597. The lowest BCUT2D eigenvalue weighted by molar-refractivity contribution is 0.102. The Bertz CT molecular complexity index is 1110. The zero-order valence-corrected chi connectivity index (χ0v) is 14.5. The molecule has 1 amide bonds. The van der Waals surface area contributed by atoms with Crippen molar-refractivity contribution in [3.8, 4) is 11.4 Å². The van der Waals surface area contributed by atoms with Crippen molar-refractivity contribution in [2.75, 3.05) is 5.32 Å². The molecule has 0 atom stereocenters. The lowest BCUT2D eigenvalue weighted by Crippen LogP contribution is -2.11. The molecule has 4 aromatic rings. The van der Waals surface area contributed by atoms with E-state index in [9.17, 15) is 9.18 Å². The first-order valence-corrected chi connectivity index (χ1v) is 8.70. The van der Waals surface area contributed by atoms with Crippen LogP contribution in [0.15, 0.2) is 42.5 Å². The summed E-state index contributed by atoms with van der Waals surface area (Å²) in [6, 6.07) is 11.4. The van der Waals surface area contributed by atoms with Crippen molar-refractivity contribution < 1.29 is 9.18 Å². The molecule has 9 heteroatoms. The SMILES string of the molecule is CCn1nnnc1-c1cccc(C(=O)Nc2nc3ccc(F)cc3s2)c1. The van der Waals surface area contributed by atoms with Crippen molar-refractivity contribution in [1.82, 2.24) is 25.2 Å². The number of tetrazole rings is 1. The summed E-state index contributed by atoms with van der Waals surface area (Å²) in [5.74, 6) is -0.0418. The number of hydrogen-bond donors (Lipinski definition) is 1. The number of carbonyl (C=O) groups is 1. The van der Waals surface area contributed by atoms with E-state index in [0.717, 1.165) is 5.56 Å². The van der Waals surface area contributed by atoms with E-state index >= 15 is 0 Å². The number of amides is 1. The predicted octanol–water partition coefficient (Wildman–Crippen LogP) is 3.36. The van der Waals surface area contributed by atoms with E-state index in [1.54, 1.807) is 28.9 Å². The van der Waals surface area contributed by atoms with E-state index in [1.807, 2.05) is 13.0 Å². The molecule has 0 radical (unpaired) electrons. The average molecular weight is 368 g/mol. The molecule has 0 fully saturated rings. The molecular formula is C17H13FN6OS. The van der Waals surface area contributed by atoms with Gasteiger partial charge in [0.25, 0.3) is 5.91 Å². The summed E-state index contributed by atoms with van der Waals surface area (Å²) >= 11 is 1.22. The number of rotatable bonds is 4. The van der Waals surface area contributed by atoms with E-state index in [1.165, 1.54) is 23.5 Å². The van der Waals surface area contributed by atoms with E-state index in [0.29, 0.717) is 33.3 Å². The molecule has 2 aromatic carbocycles. The van der Waals surface area contributed by atoms with E-state index in [4.69, 9.17) is 0 Å². The number of carbonyl (C=O) groups excluding carboxylic acids is 1. The highest BCUT2D eigenvalue weighted by Crippen LogP contribution is 2.27. The van der Waals surface area contributed by atoms with Crippen molar-refractivity contribution in [3.63, 3.8) is 0 Å². The second-order valence-corrected chi connectivity index (χ2v) is 6.51. The lowest BCUT2D eigenvalue weighted by Gasteiger charge is -2.05. The largest absolute Gasteiger partial charge is 0.298 e. The first kappa shape index (κ1) is 16.3. The van der Waals surface area contributed by atoms with Gasteiger partial charge in [0, 0.05) is 17.7 Å². The van der Waals surface area contributed by atoms with Crippen LogP contribution in [0.1, 0.15) is 17.3 Å². The van der Waals surface area contributed by atoms with Gasteiger partial charge >= 0.3 is 0 Å². The van der Waals surface area contributed by atoms with Gasteiger partial charge < -0.3 is 0 Å². The fraction of sp³-hybridized carbons (Fsp3) is 0.118. The lowest BCUT2D eigenvalue weighted by atomic mass is 10.1. The van der Waals surface area contributed by atoms with Crippen LogP contribution in [0.5, 0.6) is 0 Å². The molecule has 2 aromatic heterocycles. The predicted molar refractivity (Wildman–Crippen MR) is 96.5 cm³/mol. The third kappa shape index (κ3) is 3.04. The Labute approximate surface area is 151 Å². The van der Waals surface area contributed by atoms with Crippen LogP contribution < -0.4 is 5.32 Å². The topological polar surface area (TPSA) is 85.6 Å². The molecule has 0 aliphatic heterocycles. The third-order valence-electron chi connectivity index (χ3n) is 3.79. The van der Waals surface area contributed by atoms with Gasteiger partial charge in [0.05, 0.1) is 10.2 Å². The van der Waals surface area contributed by atoms with Crippen LogP contribution in [0.2, 0.25) is 0 Å². The highest BCUT2D eigenvalue weighted by atomic mass is 32.1. The number of nitrogens with one attached hydrogen (secondary N) is 1. The fourth-order valence-corrected chi connectivity index (χ4v) is 3.43. The Kier molecular flexibility index (Phi) is 4.13. The zero-order chi connectivity index (χ0) is 18.1. The first-order chi connectivity index (χ1) is 12.6. The molecule has 4 rings (SSSR count). The van der Waals surface area contributed by atoms with Crippen molar-refractivity contribution in [1.29, 1.82) is 0 Å². The van der Waals surface area contributed by atoms with Gasteiger partial charge in [0.1, 0.15) is 5.82 Å². The molecule has 26 heavy (non-hydrogen) atoms. The van der Waals surface area contributed by atoms with E-state index in [2.05, 4.69) is 25.8 Å². The number of aromatic nitrogens is 5. The molecule has 0 aliphatic carbocycles. The van der Waals surface area contributed by atoms with Crippen molar-refractivity contribution in [3.05, 3.63) is 53.8 Å². The summed E-state index contributed by atoms with van der Waals surface area (Å²) < 4.78 is 15.6. The van der Waals surface area contributed by atoms with Crippen LogP contribution in [-0.2, 0) is 6.54 Å². The summed E-state index contributed by atoms with van der Waals surface area (Å²) in [7, 11) is 0. The van der Waals surface area contributed by atoms with Crippen molar-refractivity contribution in [2.45, 2.75) is 13.5 Å². The average Bonchev–Trinajstić information content (AvgIpc) is 3.27. The molecule has 130 valence electrons. The molecule has 0 aliphatic rings. The maximum absolute atomic E-state index is 13.3. The number of hydrogen-bond acceptors (Lipinski definition) is 6. The van der Waals surface area contributed by atoms with Crippen molar-refractivity contribution >= 4 is 32.6 Å². The molecule has 1 N–H and O–H groups in total. The van der Waals surface area contributed by atoms with Gasteiger partial charge in [-0.1, -0.05) is 23.5 Å². The van der Waals surface area contributed by atoms with Gasteiger partial charge in [-0.25, -0.2) is 14.1 Å². The highest BCUT2D eigenvalue weighted by Gasteiger charge is 2.13. The number of nitrogens with zero attached hydrogens (tertiary/aromatic N) is 5. The number of halogens is 1. The smallest absolute Gasteiger partial charge is 0.257 e.